The largest absolute Gasteiger partial charge is 0.252 e. The van der Waals surface area contributed by atoms with Crippen LogP contribution in [0.3, 0.4) is 0 Å². The van der Waals surface area contributed by atoms with Gasteiger partial charge >= 0.3 is 0 Å². The molecule has 2 rings (SSSR count). The molecule has 0 spiro atoms. The minimum atomic E-state index is 0.564. The Balaban J connectivity index is 2.52. The maximum atomic E-state index is 5.93. The van der Waals surface area contributed by atoms with Gasteiger partial charge in [-0.2, -0.15) is 4.37 Å². The molecular weight excluding hydrogens is 274 g/mol. The van der Waals surface area contributed by atoms with Crippen LogP contribution in [-0.4, -0.2) is 14.3 Å². The highest BCUT2D eigenvalue weighted by atomic mass is 79.9. The molecule has 0 aliphatic heterocycles. The minimum absolute atomic E-state index is 0.564. The van der Waals surface area contributed by atoms with Crippen LogP contribution in [0.5, 0.6) is 0 Å². The van der Waals surface area contributed by atoms with Crippen molar-refractivity contribution in [2.24, 2.45) is 0 Å². The summed E-state index contributed by atoms with van der Waals surface area (Å²) < 4.78 is 4.55. The molecule has 13 heavy (non-hydrogen) atoms. The molecule has 3 nitrogen and oxygen atoms in total. The quantitative estimate of drug-likeness (QED) is 0.803. The molecule has 0 aliphatic rings. The fraction of sp³-hybridized carbons (Fsp3) is 0. The first-order valence-electron chi connectivity index (χ1n) is 3.37. The molecule has 0 atom stereocenters. The van der Waals surface area contributed by atoms with Crippen LogP contribution < -0.4 is 0 Å². The van der Waals surface area contributed by atoms with Crippen molar-refractivity contribution in [1.29, 1.82) is 0 Å². The van der Waals surface area contributed by atoms with Crippen molar-refractivity contribution in [3.8, 4) is 10.7 Å². The molecule has 0 radical (unpaired) electrons. The Hall–Kier alpha value is -0.520. The lowest BCUT2D eigenvalue weighted by Crippen LogP contribution is -1.82. The van der Waals surface area contributed by atoms with Crippen molar-refractivity contribution >= 4 is 39.1 Å². The van der Waals surface area contributed by atoms with Crippen LogP contribution >= 0.6 is 39.1 Å². The second kappa shape index (κ2) is 3.69. The first kappa shape index (κ1) is 9.05. The SMILES string of the molecule is Clc1cccnc1-c1nc(Br)ns1. The van der Waals surface area contributed by atoms with Gasteiger partial charge in [-0.25, -0.2) is 4.98 Å². The normalized spacial score (nSPS) is 10.3. The molecular formula is C7H3BrClN3S. The van der Waals surface area contributed by atoms with Gasteiger partial charge in [-0.1, -0.05) is 11.6 Å². The van der Waals surface area contributed by atoms with Crippen LogP contribution in [0.25, 0.3) is 10.7 Å². The van der Waals surface area contributed by atoms with Gasteiger partial charge in [0, 0.05) is 6.20 Å². The lowest BCUT2D eigenvalue weighted by molar-refractivity contribution is 1.23. The summed E-state index contributed by atoms with van der Waals surface area (Å²) in [5, 5.41) is 1.31. The molecule has 0 amide bonds. The van der Waals surface area contributed by atoms with E-state index in [-0.39, 0.29) is 0 Å². The van der Waals surface area contributed by atoms with Crippen molar-refractivity contribution in [3.05, 3.63) is 28.1 Å². The molecule has 0 N–H and O–H groups in total. The van der Waals surface area contributed by atoms with Crippen molar-refractivity contribution in [2.75, 3.05) is 0 Å². The number of hydrogen-bond donors (Lipinski definition) is 0. The molecule has 2 heterocycles. The molecule has 0 saturated heterocycles. The summed E-state index contributed by atoms with van der Waals surface area (Å²) in [6.07, 6.45) is 1.68. The summed E-state index contributed by atoms with van der Waals surface area (Å²) in [7, 11) is 0. The van der Waals surface area contributed by atoms with E-state index in [1.165, 1.54) is 11.5 Å². The van der Waals surface area contributed by atoms with Crippen LogP contribution in [0.15, 0.2) is 23.1 Å². The van der Waals surface area contributed by atoms with E-state index in [4.69, 9.17) is 11.6 Å². The molecule has 0 aromatic carbocycles. The Morgan fingerprint density at radius 1 is 1.46 bits per heavy atom. The lowest BCUT2D eigenvalue weighted by atomic mass is 10.4. The van der Waals surface area contributed by atoms with Gasteiger partial charge in [0.15, 0.2) is 5.01 Å². The highest BCUT2D eigenvalue weighted by Crippen LogP contribution is 2.27. The Kier molecular flexibility index (Phi) is 2.57. The van der Waals surface area contributed by atoms with Crippen molar-refractivity contribution in [2.45, 2.75) is 0 Å². The van der Waals surface area contributed by atoms with Crippen LogP contribution in [0, 0.1) is 0 Å². The van der Waals surface area contributed by atoms with E-state index in [2.05, 4.69) is 30.3 Å². The number of aromatic nitrogens is 3. The van der Waals surface area contributed by atoms with Gasteiger partial charge in [0.1, 0.15) is 5.69 Å². The highest BCUT2D eigenvalue weighted by Gasteiger charge is 2.08. The van der Waals surface area contributed by atoms with Crippen LogP contribution in [0.2, 0.25) is 5.02 Å². The molecule has 2 aromatic heterocycles. The molecule has 0 saturated carbocycles. The number of halogens is 2. The Labute approximate surface area is 92.1 Å². The first-order chi connectivity index (χ1) is 6.27. The predicted molar refractivity (Wildman–Crippen MR) is 55.9 cm³/mol. The molecule has 0 bridgehead atoms. The maximum absolute atomic E-state index is 5.93. The van der Waals surface area contributed by atoms with Gasteiger partial charge in [0.05, 0.1) is 5.02 Å². The molecule has 0 aliphatic carbocycles. The van der Waals surface area contributed by atoms with E-state index >= 15 is 0 Å². The van der Waals surface area contributed by atoms with E-state index in [1.54, 1.807) is 18.3 Å². The average Bonchev–Trinajstić information content (AvgIpc) is 2.53. The standard InChI is InChI=1S/C7H3BrClN3S/c8-7-11-6(13-12-7)5-4(9)2-1-3-10-5/h1-3H. The Bertz CT molecular complexity index is 431. The predicted octanol–water partition coefficient (Wildman–Crippen LogP) is 3.02. The van der Waals surface area contributed by atoms with Crippen LogP contribution in [0.1, 0.15) is 0 Å². The van der Waals surface area contributed by atoms with Crippen molar-refractivity contribution in [3.63, 3.8) is 0 Å². The molecule has 66 valence electrons. The molecule has 6 heteroatoms. The number of pyridine rings is 1. The topological polar surface area (TPSA) is 38.7 Å². The highest BCUT2D eigenvalue weighted by molar-refractivity contribution is 9.10. The maximum Gasteiger partial charge on any atom is 0.209 e. The third-order valence-electron chi connectivity index (χ3n) is 1.36. The Morgan fingerprint density at radius 2 is 2.31 bits per heavy atom. The molecule has 0 unspecified atom stereocenters. The van der Waals surface area contributed by atoms with E-state index in [0.717, 1.165) is 5.01 Å². The van der Waals surface area contributed by atoms with Gasteiger partial charge < -0.3 is 0 Å². The summed E-state index contributed by atoms with van der Waals surface area (Å²) in [6.45, 7) is 0. The van der Waals surface area contributed by atoms with Crippen molar-refractivity contribution < 1.29 is 0 Å². The minimum Gasteiger partial charge on any atom is -0.252 e. The summed E-state index contributed by atoms with van der Waals surface area (Å²) in [4.78, 5) is 8.24. The first-order valence-corrected chi connectivity index (χ1v) is 5.32. The summed E-state index contributed by atoms with van der Waals surface area (Å²) >= 11 is 10.4. The molecule has 2 aromatic rings. The van der Waals surface area contributed by atoms with Gasteiger partial charge in [-0.05, 0) is 39.6 Å². The van der Waals surface area contributed by atoms with Gasteiger partial charge in [-0.15, -0.1) is 0 Å². The second-order valence-corrected chi connectivity index (χ2v) is 4.07. The van der Waals surface area contributed by atoms with Crippen molar-refractivity contribution in [1.82, 2.24) is 14.3 Å². The van der Waals surface area contributed by atoms with E-state index < -0.39 is 0 Å². The number of hydrogen-bond acceptors (Lipinski definition) is 4. The number of nitrogens with zero attached hydrogens (tertiary/aromatic N) is 3. The van der Waals surface area contributed by atoms with Crippen LogP contribution in [0.4, 0.5) is 0 Å². The zero-order valence-electron chi connectivity index (χ0n) is 6.24. The third-order valence-corrected chi connectivity index (χ3v) is 2.98. The molecule has 0 fully saturated rings. The second-order valence-electron chi connectivity index (χ2n) is 2.20. The summed E-state index contributed by atoms with van der Waals surface area (Å²) in [5.41, 5.74) is 0.673. The summed E-state index contributed by atoms with van der Waals surface area (Å²) in [6, 6.07) is 3.56. The fourth-order valence-corrected chi connectivity index (χ4v) is 2.20. The van der Waals surface area contributed by atoms with Crippen LogP contribution in [-0.2, 0) is 0 Å². The van der Waals surface area contributed by atoms with E-state index in [1.807, 2.05) is 0 Å². The Morgan fingerprint density at radius 3 is 2.92 bits per heavy atom. The zero-order chi connectivity index (χ0) is 9.26. The zero-order valence-corrected chi connectivity index (χ0v) is 9.40. The summed E-state index contributed by atoms with van der Waals surface area (Å²) in [5.74, 6) is 0. The number of rotatable bonds is 1. The smallest absolute Gasteiger partial charge is 0.209 e. The van der Waals surface area contributed by atoms with Gasteiger partial charge in [0.2, 0.25) is 4.73 Å². The lowest BCUT2D eigenvalue weighted by Gasteiger charge is -1.95. The average molecular weight is 277 g/mol. The monoisotopic (exact) mass is 275 g/mol. The van der Waals surface area contributed by atoms with E-state index in [0.29, 0.717) is 15.5 Å². The fourth-order valence-electron chi connectivity index (χ4n) is 0.845. The van der Waals surface area contributed by atoms with E-state index in [9.17, 15) is 0 Å². The van der Waals surface area contributed by atoms with Gasteiger partial charge in [0.25, 0.3) is 0 Å². The third kappa shape index (κ3) is 1.87. The van der Waals surface area contributed by atoms with Gasteiger partial charge in [-0.3, -0.25) is 4.98 Å².